The van der Waals surface area contributed by atoms with Crippen LogP contribution in [-0.2, 0) is 9.53 Å². The normalized spacial score (nSPS) is 21.9. The molecule has 0 unspecified atom stereocenters. The number of anilines is 2. The molecule has 1 aromatic heterocycles. The number of amides is 1. The van der Waals surface area contributed by atoms with Gasteiger partial charge in [0.1, 0.15) is 11.7 Å². The van der Waals surface area contributed by atoms with Gasteiger partial charge in [-0.25, -0.2) is 0 Å². The number of aryl methyl sites for hydroxylation is 1. The number of aromatic amines is 1. The molecule has 2 aliphatic heterocycles. The van der Waals surface area contributed by atoms with Gasteiger partial charge >= 0.3 is 0 Å². The summed E-state index contributed by atoms with van der Waals surface area (Å²) in [6.07, 6.45) is 0. The number of nitrogens with zero attached hydrogens (tertiary/aromatic N) is 3. The molecule has 0 bridgehead atoms. The zero-order chi connectivity index (χ0) is 19.0. The second kappa shape index (κ2) is 6.85. The van der Waals surface area contributed by atoms with E-state index in [-0.39, 0.29) is 11.4 Å². The van der Waals surface area contributed by atoms with Crippen molar-refractivity contribution in [2.24, 2.45) is 5.92 Å². The molecule has 2 N–H and O–H groups in total. The Kier molecular flexibility index (Phi) is 4.38. The molecule has 0 aliphatic carbocycles. The lowest BCUT2D eigenvalue weighted by Crippen LogP contribution is -2.41. The van der Waals surface area contributed by atoms with Crippen LogP contribution in [0.5, 0.6) is 0 Å². The summed E-state index contributed by atoms with van der Waals surface area (Å²) in [4.78, 5) is 34.7. The summed E-state index contributed by atoms with van der Waals surface area (Å²) in [5.74, 6) is -1.46. The van der Waals surface area contributed by atoms with E-state index in [1.54, 1.807) is 0 Å². The number of aromatic nitrogens is 2. The summed E-state index contributed by atoms with van der Waals surface area (Å²) in [5.41, 5.74) is 1.78. The first-order valence-electron chi connectivity index (χ1n) is 8.82. The Hall–Kier alpha value is -3.18. The molecule has 8 heteroatoms. The van der Waals surface area contributed by atoms with Crippen molar-refractivity contribution in [3.05, 3.63) is 51.3 Å². The largest absolute Gasteiger partial charge is 0.378 e. The number of nitriles is 1. The number of H-pyrrole nitrogens is 1. The maximum Gasteiger partial charge on any atom is 0.258 e. The molecule has 1 amide bonds. The Bertz CT molecular complexity index is 970. The third-order valence-corrected chi connectivity index (χ3v) is 5.00. The average molecular weight is 365 g/mol. The lowest BCUT2D eigenvalue weighted by atomic mass is 9.79. The first-order chi connectivity index (χ1) is 13.1. The molecule has 138 valence electrons. The molecular formula is C19H19N5O3. The number of benzene rings is 1. The molecule has 1 aromatic carbocycles. The lowest BCUT2D eigenvalue weighted by Gasteiger charge is -2.31. The number of carbonyl (C=O) groups is 1. The SMILES string of the molecule is Cc1ccc([C@H]2c3c(nc(N4CCOCC4)[nH]c3=O)NC(=O)[C@@H]2C#N)cc1. The minimum Gasteiger partial charge on any atom is -0.378 e. The van der Waals surface area contributed by atoms with E-state index in [0.29, 0.717) is 37.8 Å². The Morgan fingerprint density at radius 3 is 2.59 bits per heavy atom. The monoisotopic (exact) mass is 365 g/mol. The van der Waals surface area contributed by atoms with Gasteiger partial charge in [0.25, 0.3) is 5.56 Å². The van der Waals surface area contributed by atoms with Crippen molar-refractivity contribution in [3.63, 3.8) is 0 Å². The molecule has 2 aromatic rings. The van der Waals surface area contributed by atoms with E-state index >= 15 is 0 Å². The van der Waals surface area contributed by atoms with Crippen molar-refractivity contribution in [2.75, 3.05) is 36.5 Å². The quantitative estimate of drug-likeness (QED) is 0.826. The fourth-order valence-corrected chi connectivity index (χ4v) is 3.56. The summed E-state index contributed by atoms with van der Waals surface area (Å²) < 4.78 is 5.33. The van der Waals surface area contributed by atoms with Crippen LogP contribution in [0, 0.1) is 24.2 Å². The van der Waals surface area contributed by atoms with E-state index < -0.39 is 17.7 Å². The maximum absolute atomic E-state index is 12.9. The van der Waals surface area contributed by atoms with E-state index in [2.05, 4.69) is 15.3 Å². The molecule has 4 rings (SSSR count). The van der Waals surface area contributed by atoms with Gasteiger partial charge in [-0.3, -0.25) is 14.6 Å². The number of nitrogens with one attached hydrogen (secondary N) is 2. The third kappa shape index (κ3) is 3.06. The van der Waals surface area contributed by atoms with Crippen LogP contribution in [0.2, 0.25) is 0 Å². The number of hydrogen-bond donors (Lipinski definition) is 2. The van der Waals surface area contributed by atoms with Gasteiger partial charge in [0.15, 0.2) is 0 Å². The molecule has 27 heavy (non-hydrogen) atoms. The Morgan fingerprint density at radius 2 is 1.93 bits per heavy atom. The minimum atomic E-state index is -0.989. The smallest absolute Gasteiger partial charge is 0.258 e. The van der Waals surface area contributed by atoms with Gasteiger partial charge in [0.2, 0.25) is 11.9 Å². The van der Waals surface area contributed by atoms with Crippen molar-refractivity contribution in [3.8, 4) is 6.07 Å². The zero-order valence-corrected chi connectivity index (χ0v) is 14.9. The summed E-state index contributed by atoms with van der Waals surface area (Å²) in [6, 6.07) is 9.55. The van der Waals surface area contributed by atoms with E-state index in [9.17, 15) is 14.9 Å². The topological polar surface area (TPSA) is 111 Å². The number of hydrogen-bond acceptors (Lipinski definition) is 6. The van der Waals surface area contributed by atoms with Crippen LogP contribution in [0.15, 0.2) is 29.1 Å². The van der Waals surface area contributed by atoms with Gasteiger partial charge in [-0.15, -0.1) is 0 Å². The summed E-state index contributed by atoms with van der Waals surface area (Å²) in [5, 5.41) is 12.2. The van der Waals surface area contributed by atoms with Gasteiger partial charge in [-0.2, -0.15) is 10.2 Å². The van der Waals surface area contributed by atoms with Crippen LogP contribution in [0.1, 0.15) is 22.6 Å². The van der Waals surface area contributed by atoms with Crippen LogP contribution < -0.4 is 15.8 Å². The second-order valence-electron chi connectivity index (χ2n) is 6.74. The maximum atomic E-state index is 12.9. The van der Waals surface area contributed by atoms with Gasteiger partial charge in [0.05, 0.1) is 24.8 Å². The van der Waals surface area contributed by atoms with Crippen molar-refractivity contribution < 1.29 is 9.53 Å². The fraction of sp³-hybridized carbons (Fsp3) is 0.368. The van der Waals surface area contributed by atoms with Crippen molar-refractivity contribution in [1.29, 1.82) is 5.26 Å². The first-order valence-corrected chi connectivity index (χ1v) is 8.82. The van der Waals surface area contributed by atoms with Crippen LogP contribution in [0.3, 0.4) is 0 Å². The minimum absolute atomic E-state index is 0.224. The van der Waals surface area contributed by atoms with Gasteiger partial charge in [-0.1, -0.05) is 29.8 Å². The average Bonchev–Trinajstić information content (AvgIpc) is 2.68. The molecule has 2 aliphatic rings. The first kappa shape index (κ1) is 17.2. The molecule has 1 saturated heterocycles. The van der Waals surface area contributed by atoms with Gasteiger partial charge < -0.3 is 15.0 Å². The predicted molar refractivity (Wildman–Crippen MR) is 98.6 cm³/mol. The Morgan fingerprint density at radius 1 is 1.22 bits per heavy atom. The molecule has 0 saturated carbocycles. The van der Waals surface area contributed by atoms with Crippen molar-refractivity contribution in [1.82, 2.24) is 9.97 Å². The number of carbonyl (C=O) groups excluding carboxylic acids is 1. The summed E-state index contributed by atoms with van der Waals surface area (Å²) in [6.45, 7) is 4.27. The lowest BCUT2D eigenvalue weighted by molar-refractivity contribution is -0.119. The summed E-state index contributed by atoms with van der Waals surface area (Å²) >= 11 is 0. The predicted octanol–water partition coefficient (Wildman–Crippen LogP) is 1.14. The van der Waals surface area contributed by atoms with E-state index in [0.717, 1.165) is 11.1 Å². The molecule has 0 spiro atoms. The summed E-state index contributed by atoms with van der Waals surface area (Å²) in [7, 11) is 0. The Balaban J connectivity index is 1.84. The molecule has 1 fully saturated rings. The highest BCUT2D eigenvalue weighted by atomic mass is 16.5. The van der Waals surface area contributed by atoms with E-state index in [4.69, 9.17) is 4.74 Å². The molecule has 2 atom stereocenters. The number of ether oxygens (including phenoxy) is 1. The number of fused-ring (bicyclic) bond motifs is 1. The molecule has 8 nitrogen and oxygen atoms in total. The van der Waals surface area contributed by atoms with Crippen LogP contribution in [-0.4, -0.2) is 42.2 Å². The second-order valence-corrected chi connectivity index (χ2v) is 6.74. The zero-order valence-electron chi connectivity index (χ0n) is 14.9. The van der Waals surface area contributed by atoms with E-state index in [1.165, 1.54) is 0 Å². The van der Waals surface area contributed by atoms with Crippen LogP contribution in [0.25, 0.3) is 0 Å². The van der Waals surface area contributed by atoms with Gasteiger partial charge in [0, 0.05) is 19.0 Å². The highest BCUT2D eigenvalue weighted by molar-refractivity contribution is 5.97. The molecular weight excluding hydrogens is 346 g/mol. The van der Waals surface area contributed by atoms with Crippen molar-refractivity contribution >= 4 is 17.7 Å². The fourth-order valence-electron chi connectivity index (χ4n) is 3.56. The molecule has 0 radical (unpaired) electrons. The van der Waals surface area contributed by atoms with Crippen LogP contribution >= 0.6 is 0 Å². The number of morpholine rings is 1. The highest BCUT2D eigenvalue weighted by Crippen LogP contribution is 2.38. The molecule has 3 heterocycles. The van der Waals surface area contributed by atoms with Gasteiger partial charge in [-0.05, 0) is 12.5 Å². The van der Waals surface area contributed by atoms with Crippen molar-refractivity contribution in [2.45, 2.75) is 12.8 Å². The van der Waals surface area contributed by atoms with Crippen LogP contribution in [0.4, 0.5) is 11.8 Å². The Labute approximate surface area is 155 Å². The standard InChI is InChI=1S/C19H19N5O3/c1-11-2-4-12(5-3-11)14-13(10-20)17(25)21-16-15(14)18(26)23-19(22-16)24-6-8-27-9-7-24/h2-5,13-14H,6-9H2,1H3,(H2,21,22,23,25,26)/t13-,14-/m1/s1. The third-order valence-electron chi connectivity index (χ3n) is 5.00. The highest BCUT2D eigenvalue weighted by Gasteiger charge is 2.40. The van der Waals surface area contributed by atoms with E-state index in [1.807, 2.05) is 42.2 Å². The number of rotatable bonds is 2.